The van der Waals surface area contributed by atoms with Gasteiger partial charge in [0.15, 0.2) is 0 Å². The Morgan fingerprint density at radius 1 is 1.11 bits per heavy atom. The van der Waals surface area contributed by atoms with Gasteiger partial charge in [0, 0.05) is 13.6 Å². The molecule has 0 fully saturated rings. The molecule has 0 amide bonds. The molecule has 19 heavy (non-hydrogen) atoms. The van der Waals surface area contributed by atoms with Crippen molar-refractivity contribution in [2.45, 2.75) is 5.38 Å². The van der Waals surface area contributed by atoms with E-state index in [2.05, 4.69) is 15.9 Å². The molecule has 0 spiro atoms. The SMILES string of the molecule is Fc1ccc(C(Cl)c2cc(Cl)c(Br)cc2F)c(I)c1. The third-order valence-corrected chi connectivity index (χ3v) is 5.15. The van der Waals surface area contributed by atoms with Crippen LogP contribution in [0.4, 0.5) is 8.78 Å². The fourth-order valence-electron chi connectivity index (χ4n) is 1.61. The fraction of sp³-hybridized carbons (Fsp3) is 0.0769. The summed E-state index contributed by atoms with van der Waals surface area (Å²) >= 11 is 17.3. The maximum Gasteiger partial charge on any atom is 0.129 e. The molecule has 0 heterocycles. The summed E-state index contributed by atoms with van der Waals surface area (Å²) in [7, 11) is 0. The topological polar surface area (TPSA) is 0 Å². The van der Waals surface area contributed by atoms with Crippen LogP contribution in [0.1, 0.15) is 16.5 Å². The van der Waals surface area contributed by atoms with E-state index in [1.165, 1.54) is 24.3 Å². The van der Waals surface area contributed by atoms with Crippen LogP contribution in [-0.4, -0.2) is 0 Å². The van der Waals surface area contributed by atoms with Gasteiger partial charge >= 0.3 is 0 Å². The summed E-state index contributed by atoms with van der Waals surface area (Å²) in [5.41, 5.74) is 0.903. The summed E-state index contributed by atoms with van der Waals surface area (Å²) in [5, 5.41) is -0.350. The van der Waals surface area contributed by atoms with Crippen molar-refractivity contribution in [1.82, 2.24) is 0 Å². The Morgan fingerprint density at radius 3 is 2.42 bits per heavy atom. The molecule has 100 valence electrons. The van der Waals surface area contributed by atoms with Crippen molar-refractivity contribution < 1.29 is 8.78 Å². The Hall–Kier alpha value is 0.0900. The van der Waals surface area contributed by atoms with E-state index in [1.807, 2.05) is 22.6 Å². The minimum absolute atomic E-state index is 0.263. The van der Waals surface area contributed by atoms with Gasteiger partial charge in [0.2, 0.25) is 0 Å². The molecule has 2 aromatic carbocycles. The van der Waals surface area contributed by atoms with Gasteiger partial charge in [-0.2, -0.15) is 0 Å². The summed E-state index contributed by atoms with van der Waals surface area (Å²) < 4.78 is 28.1. The van der Waals surface area contributed by atoms with E-state index in [-0.39, 0.29) is 11.4 Å². The molecule has 0 aliphatic rings. The second-order valence-corrected chi connectivity index (χ2v) is 6.68. The van der Waals surface area contributed by atoms with E-state index in [1.54, 1.807) is 6.07 Å². The molecule has 0 nitrogen and oxygen atoms in total. The zero-order valence-corrected chi connectivity index (χ0v) is 14.5. The molecule has 0 radical (unpaired) electrons. The van der Waals surface area contributed by atoms with E-state index in [9.17, 15) is 8.78 Å². The molecule has 6 heteroatoms. The molecule has 0 saturated heterocycles. The number of halogens is 6. The Morgan fingerprint density at radius 2 is 1.79 bits per heavy atom. The van der Waals surface area contributed by atoms with Crippen LogP contribution in [0.25, 0.3) is 0 Å². The lowest BCUT2D eigenvalue weighted by molar-refractivity contribution is 0.610. The Bertz CT molecular complexity index is 634. The molecular weight excluding hydrogens is 472 g/mol. The van der Waals surface area contributed by atoms with Gasteiger partial charge in [0.05, 0.1) is 10.4 Å². The minimum Gasteiger partial charge on any atom is -0.207 e. The summed E-state index contributed by atoms with van der Waals surface area (Å²) in [6.45, 7) is 0. The second kappa shape index (κ2) is 6.24. The molecule has 2 aromatic rings. The van der Waals surface area contributed by atoms with Gasteiger partial charge in [0.1, 0.15) is 11.6 Å². The van der Waals surface area contributed by atoms with Crippen LogP contribution in [0.15, 0.2) is 34.8 Å². The van der Waals surface area contributed by atoms with E-state index in [0.29, 0.717) is 18.6 Å². The van der Waals surface area contributed by atoms with Crippen molar-refractivity contribution in [3.8, 4) is 0 Å². The summed E-state index contributed by atoms with van der Waals surface area (Å²) in [4.78, 5) is 0. The molecule has 1 atom stereocenters. The zero-order chi connectivity index (χ0) is 14.2. The first-order valence-corrected chi connectivity index (χ1v) is 7.82. The molecule has 0 saturated carbocycles. The maximum absolute atomic E-state index is 13.9. The van der Waals surface area contributed by atoms with Crippen molar-refractivity contribution in [2.24, 2.45) is 0 Å². The molecule has 0 aliphatic heterocycles. The summed E-state index contributed by atoms with van der Waals surface area (Å²) in [6.07, 6.45) is 0. The average molecular weight is 478 g/mol. The highest BCUT2D eigenvalue weighted by Gasteiger charge is 2.19. The molecule has 0 aromatic heterocycles. The lowest BCUT2D eigenvalue weighted by Crippen LogP contribution is -2.00. The molecule has 2 rings (SSSR count). The van der Waals surface area contributed by atoms with Crippen molar-refractivity contribution in [1.29, 1.82) is 0 Å². The van der Waals surface area contributed by atoms with Crippen LogP contribution in [0.3, 0.4) is 0 Å². The minimum atomic E-state index is -0.724. The quantitative estimate of drug-likeness (QED) is 0.270. The highest BCUT2D eigenvalue weighted by atomic mass is 127. The van der Waals surface area contributed by atoms with Gasteiger partial charge < -0.3 is 0 Å². The normalized spacial score (nSPS) is 12.5. The molecule has 0 aliphatic carbocycles. The van der Waals surface area contributed by atoms with Gasteiger partial charge in [-0.15, -0.1) is 11.6 Å². The van der Waals surface area contributed by atoms with Crippen LogP contribution in [0, 0.1) is 15.2 Å². The van der Waals surface area contributed by atoms with Gasteiger partial charge in [0.25, 0.3) is 0 Å². The van der Waals surface area contributed by atoms with E-state index < -0.39 is 11.2 Å². The first-order chi connectivity index (χ1) is 8.90. The number of benzene rings is 2. The number of alkyl halides is 1. The monoisotopic (exact) mass is 476 g/mol. The zero-order valence-electron chi connectivity index (χ0n) is 9.23. The molecule has 1 unspecified atom stereocenters. The van der Waals surface area contributed by atoms with Crippen LogP contribution in [0.2, 0.25) is 5.02 Å². The first-order valence-electron chi connectivity index (χ1n) is 5.13. The Kier molecular flexibility index (Phi) is 5.09. The predicted octanol–water partition coefficient (Wildman–Crippen LogP) is 6.31. The van der Waals surface area contributed by atoms with E-state index in [0.717, 1.165) is 0 Å². The van der Waals surface area contributed by atoms with Gasteiger partial charge in [-0.25, -0.2) is 8.78 Å². The smallest absolute Gasteiger partial charge is 0.129 e. The number of rotatable bonds is 2. The number of hydrogen-bond acceptors (Lipinski definition) is 0. The first kappa shape index (κ1) is 15.5. The third-order valence-electron chi connectivity index (χ3n) is 2.55. The highest BCUT2D eigenvalue weighted by molar-refractivity contribution is 14.1. The summed E-state index contributed by atoms with van der Waals surface area (Å²) in [6, 6.07) is 6.93. The van der Waals surface area contributed by atoms with E-state index in [4.69, 9.17) is 23.2 Å². The molecule has 0 bridgehead atoms. The van der Waals surface area contributed by atoms with Crippen LogP contribution < -0.4 is 0 Å². The Labute approximate surface area is 141 Å². The largest absolute Gasteiger partial charge is 0.207 e. The highest BCUT2D eigenvalue weighted by Crippen LogP contribution is 2.37. The number of hydrogen-bond donors (Lipinski definition) is 0. The predicted molar refractivity (Wildman–Crippen MR) is 85.9 cm³/mol. The van der Waals surface area contributed by atoms with Crippen LogP contribution in [0.5, 0.6) is 0 Å². The van der Waals surface area contributed by atoms with Crippen molar-refractivity contribution in [2.75, 3.05) is 0 Å². The maximum atomic E-state index is 13.9. The van der Waals surface area contributed by atoms with Gasteiger partial charge in [-0.3, -0.25) is 0 Å². The molecule has 0 N–H and O–H groups in total. The van der Waals surface area contributed by atoms with Gasteiger partial charge in [-0.1, -0.05) is 17.7 Å². The average Bonchev–Trinajstić information content (AvgIpc) is 2.33. The van der Waals surface area contributed by atoms with Crippen molar-refractivity contribution in [3.05, 3.63) is 66.2 Å². The fourth-order valence-corrected chi connectivity index (χ4v) is 3.42. The lowest BCUT2D eigenvalue weighted by atomic mass is 10.0. The van der Waals surface area contributed by atoms with Crippen LogP contribution >= 0.6 is 61.7 Å². The second-order valence-electron chi connectivity index (χ2n) is 3.82. The summed E-state index contributed by atoms with van der Waals surface area (Å²) in [5.74, 6) is -0.817. The molecular formula is C13H6BrCl2F2I. The lowest BCUT2D eigenvalue weighted by Gasteiger charge is -2.14. The van der Waals surface area contributed by atoms with Crippen molar-refractivity contribution >= 4 is 61.7 Å². The van der Waals surface area contributed by atoms with Gasteiger partial charge in [-0.05, 0) is 68.3 Å². The standard InChI is InChI=1S/C13H6BrCl2F2I/c14-9-5-11(18)8(4-10(9)15)13(16)7-2-1-6(17)3-12(7)19/h1-5,13H. The van der Waals surface area contributed by atoms with Crippen molar-refractivity contribution in [3.63, 3.8) is 0 Å². The third kappa shape index (κ3) is 3.40. The van der Waals surface area contributed by atoms with Crippen LogP contribution in [-0.2, 0) is 0 Å². The Balaban J connectivity index is 2.49. The van der Waals surface area contributed by atoms with E-state index >= 15 is 0 Å².